The molecule has 2 aromatic carbocycles. The lowest BCUT2D eigenvalue weighted by Crippen LogP contribution is -2.21. The summed E-state index contributed by atoms with van der Waals surface area (Å²) in [5, 5.41) is 8.16. The van der Waals surface area contributed by atoms with E-state index in [9.17, 15) is 8.42 Å². The Labute approximate surface area is 126 Å². The van der Waals surface area contributed by atoms with E-state index in [-0.39, 0.29) is 0 Å². The zero-order chi connectivity index (χ0) is 14.6. The highest BCUT2D eigenvalue weighted by Crippen LogP contribution is 2.19. The minimum Gasteiger partial charge on any atom is -0.381 e. The lowest BCUT2D eigenvalue weighted by atomic mass is 10.2. The molecule has 20 heavy (non-hydrogen) atoms. The minimum absolute atomic E-state index is 0.421. The molecular weight excluding hydrogens is 342 g/mol. The van der Waals surface area contributed by atoms with E-state index in [2.05, 4.69) is 26.0 Å². The molecule has 0 saturated carbocycles. The van der Waals surface area contributed by atoms with Crippen molar-refractivity contribution < 1.29 is 8.42 Å². The van der Waals surface area contributed by atoms with Gasteiger partial charge in [0.05, 0.1) is 5.69 Å². The second kappa shape index (κ2) is 6.25. The largest absolute Gasteiger partial charge is 0.381 e. The molecule has 0 bridgehead atoms. The smallest absolute Gasteiger partial charge is 0.296 e. The van der Waals surface area contributed by atoms with Crippen LogP contribution >= 0.6 is 15.9 Å². The quantitative estimate of drug-likeness (QED) is 0.770. The summed E-state index contributed by atoms with van der Waals surface area (Å²) in [6.45, 7) is 0.625. The summed E-state index contributed by atoms with van der Waals surface area (Å²) in [5.41, 5.74) is 2.33. The maximum absolute atomic E-state index is 11.0. The first-order chi connectivity index (χ1) is 9.44. The van der Waals surface area contributed by atoms with Gasteiger partial charge in [0.25, 0.3) is 10.2 Å². The predicted molar refractivity (Wildman–Crippen MR) is 84.6 cm³/mol. The molecule has 0 aliphatic heterocycles. The molecule has 0 amide bonds. The van der Waals surface area contributed by atoms with E-state index in [0.29, 0.717) is 12.2 Å². The summed E-state index contributed by atoms with van der Waals surface area (Å²) >= 11 is 3.48. The molecule has 0 heterocycles. The summed E-state index contributed by atoms with van der Waals surface area (Å²) in [7, 11) is -3.75. The molecule has 0 saturated heterocycles. The average molecular weight is 356 g/mol. The highest BCUT2D eigenvalue weighted by Gasteiger charge is 2.03. The van der Waals surface area contributed by atoms with Crippen molar-refractivity contribution in [1.29, 1.82) is 0 Å². The SMILES string of the molecule is NS(=O)(=O)Nc1cccc(NCc2ccccc2Br)c1. The molecule has 2 aromatic rings. The van der Waals surface area contributed by atoms with E-state index >= 15 is 0 Å². The van der Waals surface area contributed by atoms with Crippen molar-refractivity contribution in [2.45, 2.75) is 6.54 Å². The first kappa shape index (κ1) is 14.8. The molecule has 0 aliphatic carbocycles. The third-order valence-electron chi connectivity index (χ3n) is 2.56. The average Bonchev–Trinajstić information content (AvgIpc) is 2.36. The molecule has 5 nitrogen and oxygen atoms in total. The van der Waals surface area contributed by atoms with E-state index in [0.717, 1.165) is 15.7 Å². The number of hydrogen-bond acceptors (Lipinski definition) is 3. The van der Waals surface area contributed by atoms with Gasteiger partial charge in [-0.3, -0.25) is 4.72 Å². The van der Waals surface area contributed by atoms with Crippen LogP contribution in [0.15, 0.2) is 53.0 Å². The van der Waals surface area contributed by atoms with Crippen LogP contribution in [0.2, 0.25) is 0 Å². The van der Waals surface area contributed by atoms with Gasteiger partial charge in [0.1, 0.15) is 0 Å². The molecule has 2 rings (SSSR count). The van der Waals surface area contributed by atoms with Crippen LogP contribution in [0, 0.1) is 0 Å². The van der Waals surface area contributed by atoms with Gasteiger partial charge in [-0.25, -0.2) is 5.14 Å². The lowest BCUT2D eigenvalue weighted by Gasteiger charge is -2.10. The monoisotopic (exact) mass is 355 g/mol. The lowest BCUT2D eigenvalue weighted by molar-refractivity contribution is 0.603. The molecule has 0 unspecified atom stereocenters. The second-order valence-corrected chi connectivity index (χ2v) is 6.32. The molecular formula is C13H14BrN3O2S. The zero-order valence-corrected chi connectivity index (χ0v) is 12.9. The van der Waals surface area contributed by atoms with Gasteiger partial charge in [0.2, 0.25) is 0 Å². The normalized spacial score (nSPS) is 11.1. The van der Waals surface area contributed by atoms with Gasteiger partial charge in [-0.05, 0) is 29.8 Å². The summed E-state index contributed by atoms with van der Waals surface area (Å²) in [4.78, 5) is 0. The van der Waals surface area contributed by atoms with Gasteiger partial charge in [0.15, 0.2) is 0 Å². The summed E-state index contributed by atoms with van der Waals surface area (Å²) in [6.07, 6.45) is 0. The Morgan fingerprint density at radius 1 is 1.05 bits per heavy atom. The van der Waals surface area contributed by atoms with E-state index in [1.54, 1.807) is 18.2 Å². The van der Waals surface area contributed by atoms with E-state index in [1.165, 1.54) is 0 Å². The zero-order valence-electron chi connectivity index (χ0n) is 10.5. The Hall–Kier alpha value is -1.57. The van der Waals surface area contributed by atoms with Gasteiger partial charge in [-0.1, -0.05) is 40.2 Å². The van der Waals surface area contributed by atoms with Crippen LogP contribution in [0.25, 0.3) is 0 Å². The maximum Gasteiger partial charge on any atom is 0.296 e. The summed E-state index contributed by atoms with van der Waals surface area (Å²) < 4.78 is 25.2. The van der Waals surface area contributed by atoms with Crippen molar-refractivity contribution >= 4 is 37.5 Å². The fraction of sp³-hybridized carbons (Fsp3) is 0.0769. The van der Waals surface area contributed by atoms with Crippen molar-refractivity contribution in [3.8, 4) is 0 Å². The van der Waals surface area contributed by atoms with Crippen LogP contribution in [-0.2, 0) is 16.8 Å². The van der Waals surface area contributed by atoms with Crippen LogP contribution in [0.1, 0.15) is 5.56 Å². The van der Waals surface area contributed by atoms with Crippen LogP contribution in [0.3, 0.4) is 0 Å². The number of benzene rings is 2. The Balaban J connectivity index is 2.07. The molecule has 0 fully saturated rings. The maximum atomic E-state index is 11.0. The Morgan fingerprint density at radius 3 is 2.45 bits per heavy atom. The van der Waals surface area contributed by atoms with Crippen molar-refractivity contribution in [3.05, 3.63) is 58.6 Å². The molecule has 0 atom stereocenters. The van der Waals surface area contributed by atoms with Crippen LogP contribution in [-0.4, -0.2) is 8.42 Å². The first-order valence-electron chi connectivity index (χ1n) is 5.82. The predicted octanol–water partition coefficient (Wildman–Crippen LogP) is 2.68. The number of hydrogen-bond donors (Lipinski definition) is 3. The van der Waals surface area contributed by atoms with Gasteiger partial charge in [0, 0.05) is 16.7 Å². The fourth-order valence-corrected chi connectivity index (χ4v) is 2.58. The topological polar surface area (TPSA) is 84.2 Å². The van der Waals surface area contributed by atoms with Crippen LogP contribution in [0.5, 0.6) is 0 Å². The Kier molecular flexibility index (Phi) is 4.64. The van der Waals surface area contributed by atoms with Crippen molar-refractivity contribution in [3.63, 3.8) is 0 Å². The molecule has 7 heteroatoms. The van der Waals surface area contributed by atoms with E-state index in [1.807, 2.05) is 30.3 Å². The number of nitrogens with two attached hydrogens (primary N) is 1. The van der Waals surface area contributed by atoms with Crippen molar-refractivity contribution in [2.75, 3.05) is 10.0 Å². The molecule has 0 aromatic heterocycles. The molecule has 4 N–H and O–H groups in total. The number of halogens is 1. The van der Waals surface area contributed by atoms with Crippen LogP contribution < -0.4 is 15.2 Å². The highest BCUT2D eigenvalue weighted by molar-refractivity contribution is 9.10. The first-order valence-corrected chi connectivity index (χ1v) is 8.16. The number of rotatable bonds is 5. The summed E-state index contributed by atoms with van der Waals surface area (Å²) in [6, 6.07) is 14.8. The third kappa shape index (κ3) is 4.52. The highest BCUT2D eigenvalue weighted by atomic mass is 79.9. The van der Waals surface area contributed by atoms with Gasteiger partial charge < -0.3 is 5.32 Å². The molecule has 0 spiro atoms. The molecule has 0 radical (unpaired) electrons. The molecule has 106 valence electrons. The van der Waals surface area contributed by atoms with Crippen LogP contribution in [0.4, 0.5) is 11.4 Å². The second-order valence-electron chi connectivity index (χ2n) is 4.17. The van der Waals surface area contributed by atoms with E-state index in [4.69, 9.17) is 5.14 Å². The van der Waals surface area contributed by atoms with Crippen molar-refractivity contribution in [2.24, 2.45) is 5.14 Å². The Morgan fingerprint density at radius 2 is 1.75 bits per heavy atom. The third-order valence-corrected chi connectivity index (χ3v) is 3.86. The van der Waals surface area contributed by atoms with Gasteiger partial charge >= 0.3 is 0 Å². The van der Waals surface area contributed by atoms with E-state index < -0.39 is 10.2 Å². The van der Waals surface area contributed by atoms with Gasteiger partial charge in [-0.15, -0.1) is 0 Å². The van der Waals surface area contributed by atoms with Gasteiger partial charge in [-0.2, -0.15) is 8.42 Å². The Bertz CT molecular complexity index is 704. The molecule has 0 aliphatic rings. The minimum atomic E-state index is -3.75. The standard InChI is InChI=1S/C13H14BrN3O2S/c14-13-7-2-1-4-10(13)9-16-11-5-3-6-12(8-11)17-20(15,18)19/h1-8,16-17H,9H2,(H2,15,18,19). The number of nitrogens with one attached hydrogen (secondary N) is 2. The number of anilines is 2. The van der Waals surface area contributed by atoms with Crippen molar-refractivity contribution in [1.82, 2.24) is 0 Å². The summed E-state index contributed by atoms with van der Waals surface area (Å²) in [5.74, 6) is 0. The fourth-order valence-electron chi connectivity index (χ4n) is 1.70.